The molecule has 0 aliphatic rings. The van der Waals surface area contributed by atoms with Crippen LogP contribution in [0.15, 0.2) is 23.2 Å². The van der Waals surface area contributed by atoms with Crippen molar-refractivity contribution in [1.82, 2.24) is 45.4 Å². The van der Waals surface area contributed by atoms with Crippen LogP contribution in [0.4, 0.5) is 11.9 Å². The molecule has 0 aliphatic carbocycles. The third kappa shape index (κ3) is 3.03. The highest BCUT2D eigenvalue weighted by atomic mass is 16.3. The van der Waals surface area contributed by atoms with Gasteiger partial charge in [0.2, 0.25) is 5.95 Å². The second kappa shape index (κ2) is 6.15. The van der Waals surface area contributed by atoms with Gasteiger partial charge in [0.15, 0.2) is 0 Å². The number of carbonyl (C=O) groups is 1. The SMILES string of the molecule is Cn1nnnc1N=C([O-])c1cccc(C(=O)Nc2nnnn2C)n1. The third-order valence-electron chi connectivity index (χ3n) is 2.85. The predicted molar refractivity (Wildman–Crippen MR) is 76.0 cm³/mol. The highest BCUT2D eigenvalue weighted by Gasteiger charge is 2.12. The van der Waals surface area contributed by atoms with Gasteiger partial charge in [-0.1, -0.05) is 16.3 Å². The van der Waals surface area contributed by atoms with Crippen LogP contribution in [0.3, 0.4) is 0 Å². The number of hydrogen-bond donors (Lipinski definition) is 1. The van der Waals surface area contributed by atoms with Crippen LogP contribution in [0.2, 0.25) is 0 Å². The fraction of sp³-hybridized carbons (Fsp3) is 0.182. The first-order valence-corrected chi connectivity index (χ1v) is 6.54. The van der Waals surface area contributed by atoms with E-state index in [2.05, 4.69) is 46.3 Å². The number of pyridine rings is 1. The van der Waals surface area contributed by atoms with E-state index in [1.165, 1.54) is 27.6 Å². The molecule has 0 atom stereocenters. The number of amides is 1. The number of nitrogens with one attached hydrogen (secondary N) is 1. The van der Waals surface area contributed by atoms with Crippen LogP contribution in [0.5, 0.6) is 0 Å². The summed E-state index contributed by atoms with van der Waals surface area (Å²) in [6.07, 6.45) is 0. The number of tetrazole rings is 2. The number of aryl methyl sites for hydroxylation is 2. The Morgan fingerprint density at radius 3 is 2.50 bits per heavy atom. The topological polar surface area (TPSA) is 165 Å². The summed E-state index contributed by atoms with van der Waals surface area (Å²) in [6.45, 7) is 0. The summed E-state index contributed by atoms with van der Waals surface area (Å²) in [5, 5.41) is 35.7. The van der Waals surface area contributed by atoms with E-state index in [4.69, 9.17) is 0 Å². The van der Waals surface area contributed by atoms with Gasteiger partial charge in [-0.25, -0.2) is 19.3 Å². The first kappa shape index (κ1) is 15.1. The normalized spacial score (nSPS) is 11.5. The van der Waals surface area contributed by atoms with E-state index in [1.54, 1.807) is 14.1 Å². The Kier molecular flexibility index (Phi) is 3.88. The minimum Gasteiger partial charge on any atom is -0.857 e. The fourth-order valence-corrected chi connectivity index (χ4v) is 1.65. The van der Waals surface area contributed by atoms with Crippen molar-refractivity contribution in [3.05, 3.63) is 29.6 Å². The molecule has 1 N–H and O–H groups in total. The Hall–Kier alpha value is -3.77. The number of aromatic nitrogens is 9. The summed E-state index contributed by atoms with van der Waals surface area (Å²) in [4.78, 5) is 19.9. The summed E-state index contributed by atoms with van der Waals surface area (Å²) in [5.41, 5.74) is -0.0168. The van der Waals surface area contributed by atoms with Crippen molar-refractivity contribution >= 4 is 23.7 Å². The number of aliphatic imine (C=N–C) groups is 1. The molecule has 122 valence electrons. The highest BCUT2D eigenvalue weighted by molar-refractivity contribution is 6.02. The molecule has 13 heteroatoms. The maximum absolute atomic E-state index is 12.1. The highest BCUT2D eigenvalue weighted by Crippen LogP contribution is 2.07. The molecule has 3 rings (SSSR count). The van der Waals surface area contributed by atoms with E-state index in [0.717, 1.165) is 0 Å². The number of rotatable bonds is 4. The van der Waals surface area contributed by atoms with Crippen molar-refractivity contribution in [2.75, 3.05) is 5.32 Å². The van der Waals surface area contributed by atoms with E-state index in [-0.39, 0.29) is 23.3 Å². The standard InChI is InChI=1S/C11H11N11O2/c1-21-10(15-17-19-21)13-8(23)6-4-3-5-7(12-6)9(24)14-11-16-18-20-22(11)2/h3-5H,1-2H3,(H,13,15,19,23)(H,14,16,20,24)/p-1. The maximum atomic E-state index is 12.1. The van der Waals surface area contributed by atoms with Crippen LogP contribution in [-0.2, 0) is 14.1 Å². The molecule has 0 fully saturated rings. The lowest BCUT2D eigenvalue weighted by molar-refractivity contribution is -0.213. The zero-order chi connectivity index (χ0) is 17.1. The van der Waals surface area contributed by atoms with Crippen molar-refractivity contribution in [2.45, 2.75) is 0 Å². The molecule has 0 bridgehead atoms. The second-order valence-electron chi connectivity index (χ2n) is 4.51. The molecule has 3 heterocycles. The van der Waals surface area contributed by atoms with E-state index in [1.807, 2.05) is 0 Å². The molecule has 3 aromatic rings. The van der Waals surface area contributed by atoms with E-state index in [0.29, 0.717) is 0 Å². The Morgan fingerprint density at radius 1 is 1.12 bits per heavy atom. The van der Waals surface area contributed by atoms with Gasteiger partial charge in [-0.2, -0.15) is 0 Å². The van der Waals surface area contributed by atoms with Gasteiger partial charge in [0, 0.05) is 20.0 Å². The van der Waals surface area contributed by atoms with Gasteiger partial charge in [-0.15, -0.1) is 0 Å². The van der Waals surface area contributed by atoms with Gasteiger partial charge >= 0.3 is 0 Å². The molecule has 0 saturated carbocycles. The van der Waals surface area contributed by atoms with E-state index < -0.39 is 11.8 Å². The minimum absolute atomic E-state index is 0.00939. The Morgan fingerprint density at radius 2 is 1.83 bits per heavy atom. The number of hydrogen-bond acceptors (Lipinski definition) is 10. The van der Waals surface area contributed by atoms with Crippen LogP contribution < -0.4 is 10.4 Å². The van der Waals surface area contributed by atoms with Crippen molar-refractivity contribution in [1.29, 1.82) is 0 Å². The van der Waals surface area contributed by atoms with E-state index in [9.17, 15) is 9.90 Å². The Bertz CT molecular complexity index is 912. The molecule has 24 heavy (non-hydrogen) atoms. The zero-order valence-corrected chi connectivity index (χ0v) is 12.5. The van der Waals surface area contributed by atoms with Crippen LogP contribution in [0, 0.1) is 0 Å². The van der Waals surface area contributed by atoms with Crippen LogP contribution in [0.25, 0.3) is 0 Å². The number of nitrogens with zero attached hydrogens (tertiary/aromatic N) is 10. The second-order valence-corrected chi connectivity index (χ2v) is 4.51. The summed E-state index contributed by atoms with van der Waals surface area (Å²) in [5.74, 6) is -1.07. The molecule has 13 nitrogen and oxygen atoms in total. The molecular formula is C11H10N11O2-. The largest absolute Gasteiger partial charge is 0.857 e. The molecule has 0 aliphatic heterocycles. The lowest BCUT2D eigenvalue weighted by Crippen LogP contribution is -2.23. The monoisotopic (exact) mass is 328 g/mol. The number of carbonyl (C=O) groups excluding carboxylic acids is 1. The summed E-state index contributed by atoms with van der Waals surface area (Å²) in [7, 11) is 3.11. The van der Waals surface area contributed by atoms with Gasteiger partial charge in [0.25, 0.3) is 11.9 Å². The first-order valence-electron chi connectivity index (χ1n) is 6.54. The molecule has 0 aromatic carbocycles. The summed E-state index contributed by atoms with van der Waals surface area (Å²) >= 11 is 0. The quantitative estimate of drug-likeness (QED) is 0.414. The van der Waals surface area contributed by atoms with Crippen molar-refractivity contribution in [3.8, 4) is 0 Å². The zero-order valence-electron chi connectivity index (χ0n) is 12.5. The molecule has 0 unspecified atom stereocenters. The van der Waals surface area contributed by atoms with E-state index >= 15 is 0 Å². The average Bonchev–Trinajstić information content (AvgIpc) is 3.16. The summed E-state index contributed by atoms with van der Waals surface area (Å²) < 4.78 is 2.51. The number of anilines is 1. The lowest BCUT2D eigenvalue weighted by atomic mass is 10.3. The third-order valence-corrected chi connectivity index (χ3v) is 2.85. The molecule has 0 radical (unpaired) electrons. The molecule has 0 saturated heterocycles. The van der Waals surface area contributed by atoms with Gasteiger partial charge in [0.05, 0.1) is 5.69 Å². The van der Waals surface area contributed by atoms with Gasteiger partial charge in [-0.05, 0) is 33.0 Å². The van der Waals surface area contributed by atoms with Gasteiger partial charge < -0.3 is 5.11 Å². The molecule has 3 aromatic heterocycles. The average molecular weight is 328 g/mol. The lowest BCUT2D eigenvalue weighted by Gasteiger charge is -2.10. The van der Waals surface area contributed by atoms with Gasteiger partial charge in [0.1, 0.15) is 5.69 Å². The Balaban J connectivity index is 1.84. The van der Waals surface area contributed by atoms with Crippen molar-refractivity contribution in [3.63, 3.8) is 0 Å². The van der Waals surface area contributed by atoms with Crippen molar-refractivity contribution < 1.29 is 9.90 Å². The van der Waals surface area contributed by atoms with Gasteiger partial charge in [-0.3, -0.25) is 10.1 Å². The predicted octanol–water partition coefficient (Wildman–Crippen LogP) is -2.18. The maximum Gasteiger partial charge on any atom is 0.276 e. The van der Waals surface area contributed by atoms with Crippen molar-refractivity contribution in [2.24, 2.45) is 19.1 Å². The minimum atomic E-state index is -0.678. The molecular weight excluding hydrogens is 318 g/mol. The van der Waals surface area contributed by atoms with Crippen LogP contribution >= 0.6 is 0 Å². The molecule has 0 spiro atoms. The summed E-state index contributed by atoms with van der Waals surface area (Å²) in [6, 6.07) is 4.38. The van der Waals surface area contributed by atoms with Crippen LogP contribution in [-0.4, -0.2) is 57.2 Å². The van der Waals surface area contributed by atoms with Crippen LogP contribution in [0.1, 0.15) is 16.2 Å². The Labute approximate surface area is 134 Å². The fourth-order valence-electron chi connectivity index (χ4n) is 1.65. The first-order chi connectivity index (χ1) is 11.5. The smallest absolute Gasteiger partial charge is 0.276 e. The molecule has 1 amide bonds.